The standard InChI is InChI=1S/C20H40N8O5/c1-12(2)10-15(19(32)33)27-16(29)11-26-18(31)14(7-5-9-25-20(23)24)28-17(30)13(22)6-3-4-8-21/h12-15H,3-11,21-22H2,1-2H3,(H,26,31)(H,27,29)(H,28,30)(H,32,33)(H4,23,24,25). The van der Waals surface area contributed by atoms with Gasteiger partial charge in [0.1, 0.15) is 12.1 Å². The average Bonchev–Trinajstić information content (AvgIpc) is 2.72. The Hall–Kier alpha value is -2.93. The van der Waals surface area contributed by atoms with Gasteiger partial charge in [-0.2, -0.15) is 0 Å². The molecule has 13 heteroatoms. The molecule has 0 bridgehead atoms. The highest BCUT2D eigenvalue weighted by Crippen LogP contribution is 2.05. The molecule has 13 nitrogen and oxygen atoms in total. The van der Waals surface area contributed by atoms with E-state index in [1.807, 2.05) is 13.8 Å². The Balaban J connectivity index is 4.94. The fourth-order valence-corrected chi connectivity index (χ4v) is 2.92. The molecule has 0 aromatic carbocycles. The first-order chi connectivity index (χ1) is 15.5. The lowest BCUT2D eigenvalue weighted by atomic mass is 10.0. The van der Waals surface area contributed by atoms with Crippen molar-refractivity contribution in [1.82, 2.24) is 16.0 Å². The summed E-state index contributed by atoms with van der Waals surface area (Å²) >= 11 is 0. The number of hydrogen-bond acceptors (Lipinski definition) is 7. The van der Waals surface area contributed by atoms with Gasteiger partial charge < -0.3 is 44.0 Å². The van der Waals surface area contributed by atoms with Gasteiger partial charge in [0.15, 0.2) is 5.96 Å². The SMILES string of the molecule is CC(C)CC(NC(=O)CNC(=O)C(CCCN=C(N)N)NC(=O)C(N)CCCCN)C(=O)O. The zero-order valence-corrected chi connectivity index (χ0v) is 19.5. The number of hydrogen-bond donors (Lipinski definition) is 8. The van der Waals surface area contributed by atoms with Crippen LogP contribution >= 0.6 is 0 Å². The van der Waals surface area contributed by atoms with Crippen LogP contribution in [-0.4, -0.2) is 72.5 Å². The second kappa shape index (κ2) is 16.7. The van der Waals surface area contributed by atoms with Crippen molar-refractivity contribution in [2.24, 2.45) is 33.8 Å². The van der Waals surface area contributed by atoms with Gasteiger partial charge >= 0.3 is 5.97 Å². The first-order valence-electron chi connectivity index (χ1n) is 11.1. The Morgan fingerprint density at radius 3 is 2.15 bits per heavy atom. The summed E-state index contributed by atoms with van der Waals surface area (Å²) in [6.45, 7) is 3.97. The Labute approximate surface area is 194 Å². The smallest absolute Gasteiger partial charge is 0.326 e. The van der Waals surface area contributed by atoms with Crippen molar-refractivity contribution in [3.8, 4) is 0 Å². The molecule has 0 radical (unpaired) electrons. The van der Waals surface area contributed by atoms with E-state index in [1.54, 1.807) is 0 Å². The Morgan fingerprint density at radius 1 is 0.939 bits per heavy atom. The van der Waals surface area contributed by atoms with E-state index in [0.29, 0.717) is 25.8 Å². The normalized spacial score (nSPS) is 13.5. The first kappa shape index (κ1) is 30.1. The van der Waals surface area contributed by atoms with Crippen molar-refractivity contribution in [3.63, 3.8) is 0 Å². The minimum absolute atomic E-state index is 0.0554. The molecular weight excluding hydrogens is 432 g/mol. The van der Waals surface area contributed by atoms with Crippen molar-refractivity contribution in [3.05, 3.63) is 0 Å². The maximum Gasteiger partial charge on any atom is 0.326 e. The molecule has 3 amide bonds. The van der Waals surface area contributed by atoms with Gasteiger partial charge in [0.25, 0.3) is 0 Å². The van der Waals surface area contributed by atoms with Gasteiger partial charge in [-0.25, -0.2) is 4.79 Å². The topological polar surface area (TPSA) is 241 Å². The van der Waals surface area contributed by atoms with Gasteiger partial charge in [0, 0.05) is 6.54 Å². The highest BCUT2D eigenvalue weighted by molar-refractivity contribution is 5.92. The number of unbranched alkanes of at least 4 members (excludes halogenated alkanes) is 1. The maximum atomic E-state index is 12.6. The Kier molecular flexibility index (Phi) is 15.2. The maximum absolute atomic E-state index is 12.6. The van der Waals surface area contributed by atoms with Gasteiger partial charge in [-0.15, -0.1) is 0 Å². The number of guanidine groups is 1. The summed E-state index contributed by atoms with van der Waals surface area (Å²) in [4.78, 5) is 52.3. The third kappa shape index (κ3) is 14.7. The molecule has 0 fully saturated rings. The summed E-state index contributed by atoms with van der Waals surface area (Å²) in [7, 11) is 0. The molecule has 0 aliphatic carbocycles. The number of nitrogens with one attached hydrogen (secondary N) is 3. The monoisotopic (exact) mass is 472 g/mol. The molecule has 0 aliphatic rings. The molecule has 0 rings (SSSR count). The predicted molar refractivity (Wildman–Crippen MR) is 125 cm³/mol. The quantitative estimate of drug-likeness (QED) is 0.0644. The van der Waals surface area contributed by atoms with Crippen LogP contribution in [0.2, 0.25) is 0 Å². The van der Waals surface area contributed by atoms with Crippen LogP contribution in [0, 0.1) is 5.92 Å². The van der Waals surface area contributed by atoms with E-state index in [1.165, 1.54) is 0 Å². The first-order valence-corrected chi connectivity index (χ1v) is 11.1. The number of carbonyl (C=O) groups excluding carboxylic acids is 3. The predicted octanol–water partition coefficient (Wildman–Crippen LogP) is -2.29. The second-order valence-corrected chi connectivity index (χ2v) is 8.21. The fraction of sp³-hybridized carbons (Fsp3) is 0.750. The lowest BCUT2D eigenvalue weighted by Crippen LogP contribution is -2.53. The van der Waals surface area contributed by atoms with Crippen LogP contribution < -0.4 is 38.9 Å². The van der Waals surface area contributed by atoms with Crippen molar-refractivity contribution >= 4 is 29.7 Å². The van der Waals surface area contributed by atoms with E-state index in [2.05, 4.69) is 20.9 Å². The number of carboxylic acids is 1. The number of nitrogens with two attached hydrogens (primary N) is 4. The number of carbonyl (C=O) groups is 4. The molecule has 0 saturated carbocycles. The van der Waals surface area contributed by atoms with Crippen molar-refractivity contribution in [2.75, 3.05) is 19.6 Å². The van der Waals surface area contributed by atoms with Crippen LogP contribution in [0.15, 0.2) is 4.99 Å². The third-order valence-corrected chi connectivity index (χ3v) is 4.65. The van der Waals surface area contributed by atoms with E-state index in [-0.39, 0.29) is 31.3 Å². The largest absolute Gasteiger partial charge is 0.480 e. The van der Waals surface area contributed by atoms with E-state index in [4.69, 9.17) is 22.9 Å². The lowest BCUT2D eigenvalue weighted by molar-refractivity contribution is -0.142. The lowest BCUT2D eigenvalue weighted by Gasteiger charge is -2.21. The average molecular weight is 473 g/mol. The number of aliphatic carboxylic acids is 1. The van der Waals surface area contributed by atoms with E-state index < -0.39 is 48.4 Å². The van der Waals surface area contributed by atoms with Gasteiger partial charge in [-0.05, 0) is 44.6 Å². The van der Waals surface area contributed by atoms with Crippen LogP contribution in [0.4, 0.5) is 0 Å². The summed E-state index contributed by atoms with van der Waals surface area (Å²) in [5, 5.41) is 16.6. The summed E-state index contributed by atoms with van der Waals surface area (Å²) in [6.07, 6.45) is 2.66. The summed E-state index contributed by atoms with van der Waals surface area (Å²) in [5.74, 6) is -2.94. The van der Waals surface area contributed by atoms with E-state index in [0.717, 1.165) is 6.42 Å². The molecule has 0 spiro atoms. The molecule has 12 N–H and O–H groups in total. The minimum Gasteiger partial charge on any atom is -0.480 e. The van der Waals surface area contributed by atoms with Crippen LogP contribution in [0.3, 0.4) is 0 Å². The van der Waals surface area contributed by atoms with Gasteiger partial charge in [-0.3, -0.25) is 19.4 Å². The Bertz CT molecular complexity index is 667. The summed E-state index contributed by atoms with van der Waals surface area (Å²) in [6, 6.07) is -2.83. The van der Waals surface area contributed by atoms with Crippen LogP contribution in [0.5, 0.6) is 0 Å². The number of aliphatic imine (C=N–C) groups is 1. The minimum atomic E-state index is -1.16. The van der Waals surface area contributed by atoms with Crippen LogP contribution in [-0.2, 0) is 19.2 Å². The number of carboxylic acid groups (broad SMARTS) is 1. The molecule has 190 valence electrons. The Morgan fingerprint density at radius 2 is 1.61 bits per heavy atom. The van der Waals surface area contributed by atoms with E-state index in [9.17, 15) is 24.3 Å². The molecule has 0 aromatic heterocycles. The van der Waals surface area contributed by atoms with Gasteiger partial charge in [-0.1, -0.05) is 20.3 Å². The van der Waals surface area contributed by atoms with Gasteiger partial charge in [0.05, 0.1) is 12.6 Å². The zero-order valence-electron chi connectivity index (χ0n) is 19.5. The molecule has 0 saturated heterocycles. The highest BCUT2D eigenvalue weighted by atomic mass is 16.4. The molecule has 3 unspecified atom stereocenters. The number of nitrogens with zero attached hydrogens (tertiary/aromatic N) is 1. The van der Waals surface area contributed by atoms with Crippen molar-refractivity contribution < 1.29 is 24.3 Å². The van der Waals surface area contributed by atoms with Crippen LogP contribution in [0.25, 0.3) is 0 Å². The van der Waals surface area contributed by atoms with Crippen molar-refractivity contribution in [2.45, 2.75) is 70.5 Å². The molecule has 3 atom stereocenters. The summed E-state index contributed by atoms with van der Waals surface area (Å²) in [5.41, 5.74) is 21.9. The molecule has 0 aromatic rings. The molecule has 0 heterocycles. The number of amides is 3. The third-order valence-electron chi connectivity index (χ3n) is 4.65. The zero-order chi connectivity index (χ0) is 25.4. The molecular formula is C20H40N8O5. The highest BCUT2D eigenvalue weighted by Gasteiger charge is 2.25. The molecule has 33 heavy (non-hydrogen) atoms. The second-order valence-electron chi connectivity index (χ2n) is 8.21. The van der Waals surface area contributed by atoms with Crippen molar-refractivity contribution in [1.29, 1.82) is 0 Å². The fourth-order valence-electron chi connectivity index (χ4n) is 2.92. The van der Waals surface area contributed by atoms with Gasteiger partial charge in [0.2, 0.25) is 17.7 Å². The van der Waals surface area contributed by atoms with Crippen LogP contribution in [0.1, 0.15) is 52.4 Å². The summed E-state index contributed by atoms with van der Waals surface area (Å²) < 4.78 is 0. The van der Waals surface area contributed by atoms with E-state index >= 15 is 0 Å². The number of rotatable bonds is 17. The molecule has 0 aliphatic heterocycles.